The van der Waals surface area contributed by atoms with E-state index in [2.05, 4.69) is 74.6 Å². The highest BCUT2D eigenvalue weighted by Crippen LogP contribution is 2.33. The van der Waals surface area contributed by atoms with E-state index < -0.39 is 6.04 Å². The molecule has 166 valence electrons. The predicted molar refractivity (Wildman–Crippen MR) is 129 cm³/mol. The van der Waals surface area contributed by atoms with Gasteiger partial charge in [-0.25, -0.2) is 0 Å². The van der Waals surface area contributed by atoms with Gasteiger partial charge in [0.25, 0.3) is 0 Å². The number of carbonyl (C=O) groups excluding carboxylic acids is 1. The summed E-state index contributed by atoms with van der Waals surface area (Å²) in [5, 5.41) is 3.19. The second-order valence-electron chi connectivity index (χ2n) is 8.92. The number of hydrogen-bond donors (Lipinski definition) is 2. The number of aryl methyl sites for hydroxylation is 3. The van der Waals surface area contributed by atoms with Gasteiger partial charge in [0, 0.05) is 12.0 Å². The zero-order chi connectivity index (χ0) is 22.7. The Morgan fingerprint density at radius 3 is 2.47 bits per heavy atom. The van der Waals surface area contributed by atoms with E-state index in [1.165, 1.54) is 27.8 Å². The monoisotopic (exact) mass is 428 g/mol. The second kappa shape index (κ2) is 9.58. The van der Waals surface area contributed by atoms with E-state index in [-0.39, 0.29) is 11.9 Å². The minimum Gasteiger partial charge on any atom is -0.493 e. The number of rotatable bonds is 6. The Bertz CT molecular complexity index is 1080. The normalized spacial score (nSPS) is 16.1. The first-order valence-electron chi connectivity index (χ1n) is 11.3. The molecule has 0 saturated carbocycles. The van der Waals surface area contributed by atoms with Gasteiger partial charge in [-0.05, 0) is 73.6 Å². The van der Waals surface area contributed by atoms with Crippen LogP contribution in [-0.2, 0) is 17.6 Å². The third-order valence-corrected chi connectivity index (χ3v) is 6.28. The van der Waals surface area contributed by atoms with E-state index in [1.807, 2.05) is 12.1 Å². The van der Waals surface area contributed by atoms with Crippen molar-refractivity contribution in [1.82, 2.24) is 5.32 Å². The van der Waals surface area contributed by atoms with Crippen LogP contribution in [0.3, 0.4) is 0 Å². The Kier molecular flexibility index (Phi) is 6.61. The molecule has 0 aliphatic carbocycles. The van der Waals surface area contributed by atoms with Crippen molar-refractivity contribution in [3.05, 3.63) is 99.6 Å². The highest BCUT2D eigenvalue weighted by atomic mass is 16.5. The molecule has 0 bridgehead atoms. The molecule has 2 unspecified atom stereocenters. The number of carbonyl (C=O) groups is 1. The van der Waals surface area contributed by atoms with Crippen LogP contribution < -0.4 is 15.8 Å². The molecule has 0 spiro atoms. The summed E-state index contributed by atoms with van der Waals surface area (Å²) in [5.41, 5.74) is 14.6. The van der Waals surface area contributed by atoms with Crippen LogP contribution in [0.4, 0.5) is 0 Å². The van der Waals surface area contributed by atoms with Gasteiger partial charge >= 0.3 is 0 Å². The van der Waals surface area contributed by atoms with Crippen molar-refractivity contribution < 1.29 is 9.53 Å². The van der Waals surface area contributed by atoms with Gasteiger partial charge in [-0.3, -0.25) is 4.79 Å². The summed E-state index contributed by atoms with van der Waals surface area (Å²) >= 11 is 0. The smallest absolute Gasteiger partial charge is 0.237 e. The molecule has 32 heavy (non-hydrogen) atoms. The molecule has 0 aromatic heterocycles. The fraction of sp³-hybridized carbons (Fsp3) is 0.321. The number of nitrogens with one attached hydrogen (secondary N) is 1. The van der Waals surface area contributed by atoms with E-state index in [1.54, 1.807) is 0 Å². The molecule has 3 aromatic rings. The lowest BCUT2D eigenvalue weighted by Gasteiger charge is -2.28. The zero-order valence-corrected chi connectivity index (χ0v) is 19.2. The quantitative estimate of drug-likeness (QED) is 0.597. The van der Waals surface area contributed by atoms with Crippen molar-refractivity contribution in [3.63, 3.8) is 0 Å². The van der Waals surface area contributed by atoms with Gasteiger partial charge in [0.1, 0.15) is 5.75 Å². The lowest BCUT2D eigenvalue weighted by atomic mass is 9.93. The van der Waals surface area contributed by atoms with E-state index in [0.717, 1.165) is 29.7 Å². The molecule has 1 aliphatic rings. The molecule has 0 saturated heterocycles. The van der Waals surface area contributed by atoms with Crippen LogP contribution in [0.15, 0.2) is 60.7 Å². The Hall–Kier alpha value is -3.11. The van der Waals surface area contributed by atoms with Crippen LogP contribution in [0.25, 0.3) is 0 Å². The van der Waals surface area contributed by atoms with Crippen molar-refractivity contribution in [2.45, 2.75) is 52.1 Å². The van der Waals surface area contributed by atoms with Gasteiger partial charge in [-0.1, -0.05) is 54.1 Å². The molecule has 1 heterocycles. The molecule has 0 fully saturated rings. The third-order valence-electron chi connectivity index (χ3n) is 6.28. The molecule has 2 atom stereocenters. The lowest BCUT2D eigenvalue weighted by Crippen LogP contribution is -2.44. The topological polar surface area (TPSA) is 64.4 Å². The average molecular weight is 429 g/mol. The Morgan fingerprint density at radius 2 is 1.75 bits per heavy atom. The van der Waals surface area contributed by atoms with Gasteiger partial charge in [0.05, 0.1) is 18.7 Å². The SMILES string of the molecule is Cc1cc(C)c(CC(N)C(=O)NC2CCOc3ccc(Cc4ccccc4)cc32)c(C)c1. The standard InChI is InChI=1S/C28H32N2O2/c1-18-13-19(2)23(20(3)14-18)17-25(29)28(31)30-26-11-12-32-27-10-9-22(16-24(26)27)15-21-7-5-4-6-8-21/h4-10,13-14,16,25-26H,11-12,15,17,29H2,1-3H3,(H,30,31). The van der Waals surface area contributed by atoms with Gasteiger partial charge in [0.15, 0.2) is 0 Å². The summed E-state index contributed by atoms with van der Waals surface area (Å²) in [4.78, 5) is 13.0. The van der Waals surface area contributed by atoms with Crippen molar-refractivity contribution in [1.29, 1.82) is 0 Å². The van der Waals surface area contributed by atoms with Crippen LogP contribution in [0.2, 0.25) is 0 Å². The highest BCUT2D eigenvalue weighted by molar-refractivity contribution is 5.82. The van der Waals surface area contributed by atoms with Crippen molar-refractivity contribution in [3.8, 4) is 5.75 Å². The number of nitrogens with two attached hydrogens (primary N) is 1. The van der Waals surface area contributed by atoms with Gasteiger partial charge in [-0.15, -0.1) is 0 Å². The maximum absolute atomic E-state index is 13.0. The molecule has 4 rings (SSSR count). The van der Waals surface area contributed by atoms with Crippen LogP contribution in [0.5, 0.6) is 5.75 Å². The molecule has 3 aromatic carbocycles. The first kappa shape index (κ1) is 22.1. The van der Waals surface area contributed by atoms with Crippen LogP contribution in [-0.4, -0.2) is 18.6 Å². The van der Waals surface area contributed by atoms with Crippen molar-refractivity contribution in [2.24, 2.45) is 5.73 Å². The van der Waals surface area contributed by atoms with E-state index in [4.69, 9.17) is 10.5 Å². The van der Waals surface area contributed by atoms with Crippen LogP contribution in [0.1, 0.15) is 51.4 Å². The van der Waals surface area contributed by atoms with Gasteiger partial charge in [-0.2, -0.15) is 0 Å². The molecule has 1 aliphatic heterocycles. The van der Waals surface area contributed by atoms with Gasteiger partial charge < -0.3 is 15.8 Å². The van der Waals surface area contributed by atoms with E-state index in [9.17, 15) is 4.79 Å². The van der Waals surface area contributed by atoms with Crippen LogP contribution >= 0.6 is 0 Å². The average Bonchev–Trinajstić information content (AvgIpc) is 2.77. The largest absolute Gasteiger partial charge is 0.493 e. The fourth-order valence-electron chi connectivity index (χ4n) is 4.66. The highest BCUT2D eigenvalue weighted by Gasteiger charge is 2.26. The number of ether oxygens (including phenoxy) is 1. The summed E-state index contributed by atoms with van der Waals surface area (Å²) in [6, 6.07) is 20.3. The van der Waals surface area contributed by atoms with Crippen molar-refractivity contribution in [2.75, 3.05) is 6.61 Å². The fourth-order valence-corrected chi connectivity index (χ4v) is 4.66. The number of fused-ring (bicyclic) bond motifs is 1. The molecule has 4 heteroatoms. The summed E-state index contributed by atoms with van der Waals surface area (Å²) < 4.78 is 5.86. The summed E-state index contributed by atoms with van der Waals surface area (Å²) in [6.45, 7) is 6.85. The first-order chi connectivity index (χ1) is 15.4. The molecular formula is C28H32N2O2. The maximum Gasteiger partial charge on any atom is 0.237 e. The molecule has 3 N–H and O–H groups in total. The Labute approximate surface area is 190 Å². The molecular weight excluding hydrogens is 396 g/mol. The maximum atomic E-state index is 13.0. The predicted octanol–water partition coefficient (Wildman–Crippen LogP) is 4.71. The van der Waals surface area contributed by atoms with Crippen LogP contribution in [0, 0.1) is 20.8 Å². The molecule has 4 nitrogen and oxygen atoms in total. The third kappa shape index (κ3) is 5.03. The summed E-state index contributed by atoms with van der Waals surface area (Å²) in [7, 11) is 0. The van der Waals surface area contributed by atoms with Crippen molar-refractivity contribution >= 4 is 5.91 Å². The minimum absolute atomic E-state index is 0.0896. The Balaban J connectivity index is 1.48. The lowest BCUT2D eigenvalue weighted by molar-refractivity contribution is -0.123. The number of hydrogen-bond acceptors (Lipinski definition) is 3. The summed E-state index contributed by atoms with van der Waals surface area (Å²) in [6.07, 6.45) is 2.12. The van der Waals surface area contributed by atoms with E-state index in [0.29, 0.717) is 13.0 Å². The van der Waals surface area contributed by atoms with E-state index >= 15 is 0 Å². The zero-order valence-electron chi connectivity index (χ0n) is 19.2. The molecule has 0 radical (unpaired) electrons. The minimum atomic E-state index is -0.589. The number of benzene rings is 3. The Morgan fingerprint density at radius 1 is 1.03 bits per heavy atom. The summed E-state index contributed by atoms with van der Waals surface area (Å²) in [5.74, 6) is 0.729. The first-order valence-corrected chi connectivity index (χ1v) is 11.3. The van der Waals surface area contributed by atoms with Gasteiger partial charge in [0.2, 0.25) is 5.91 Å². The number of amides is 1. The second-order valence-corrected chi connectivity index (χ2v) is 8.92. The molecule has 1 amide bonds.